The van der Waals surface area contributed by atoms with Crippen molar-refractivity contribution in [2.75, 3.05) is 24.2 Å². The minimum atomic E-state index is -0.402. The Bertz CT molecular complexity index is 972. The van der Waals surface area contributed by atoms with E-state index in [0.29, 0.717) is 11.3 Å². The summed E-state index contributed by atoms with van der Waals surface area (Å²) in [5, 5.41) is 8.70. The minimum Gasteiger partial charge on any atom is -0.349 e. The molecule has 0 atom stereocenters. The zero-order valence-corrected chi connectivity index (χ0v) is 19.2. The fraction of sp³-hybridized carbons (Fsp3) is 0.400. The summed E-state index contributed by atoms with van der Waals surface area (Å²) in [5.74, 6) is -0.359. The SMILES string of the molecule is Cc1cc(C)c(NC(=O)CN(C)C(=O)Nc2ccc(C(=O)NC3CCCC3)cc2)c(C)c1. The molecular formula is C25H32N4O3. The largest absolute Gasteiger partial charge is 0.349 e. The highest BCUT2D eigenvalue weighted by atomic mass is 16.2. The Morgan fingerprint density at radius 2 is 1.53 bits per heavy atom. The Balaban J connectivity index is 1.51. The molecule has 1 fully saturated rings. The van der Waals surface area contributed by atoms with Crippen LogP contribution in [0.25, 0.3) is 0 Å². The van der Waals surface area contributed by atoms with Gasteiger partial charge in [0.25, 0.3) is 5.91 Å². The number of hydrogen-bond acceptors (Lipinski definition) is 3. The zero-order chi connectivity index (χ0) is 23.3. The van der Waals surface area contributed by atoms with Gasteiger partial charge in [0.2, 0.25) is 5.91 Å². The number of hydrogen-bond donors (Lipinski definition) is 3. The number of amides is 4. The van der Waals surface area contributed by atoms with Gasteiger partial charge >= 0.3 is 6.03 Å². The van der Waals surface area contributed by atoms with Gasteiger partial charge < -0.3 is 20.9 Å². The van der Waals surface area contributed by atoms with Crippen molar-refractivity contribution in [1.29, 1.82) is 0 Å². The molecule has 32 heavy (non-hydrogen) atoms. The van der Waals surface area contributed by atoms with Gasteiger partial charge in [0.05, 0.1) is 0 Å². The first-order chi connectivity index (χ1) is 15.2. The van der Waals surface area contributed by atoms with Gasteiger partial charge in [-0.3, -0.25) is 9.59 Å². The quantitative estimate of drug-likeness (QED) is 0.627. The third-order valence-corrected chi connectivity index (χ3v) is 5.76. The van der Waals surface area contributed by atoms with Crippen LogP contribution in [0.2, 0.25) is 0 Å². The maximum absolute atomic E-state index is 12.5. The van der Waals surface area contributed by atoms with Crippen LogP contribution in [0.1, 0.15) is 52.7 Å². The molecule has 7 heteroatoms. The van der Waals surface area contributed by atoms with Crippen molar-refractivity contribution < 1.29 is 14.4 Å². The van der Waals surface area contributed by atoms with Gasteiger partial charge in [-0.15, -0.1) is 0 Å². The van der Waals surface area contributed by atoms with Crippen molar-refractivity contribution >= 4 is 29.2 Å². The Hall–Kier alpha value is -3.35. The van der Waals surface area contributed by atoms with Gasteiger partial charge in [0.15, 0.2) is 0 Å². The predicted molar refractivity (Wildman–Crippen MR) is 127 cm³/mol. The molecule has 2 aromatic carbocycles. The molecule has 3 rings (SSSR count). The van der Waals surface area contributed by atoms with Crippen LogP contribution < -0.4 is 16.0 Å². The second-order valence-electron chi connectivity index (χ2n) is 8.64. The summed E-state index contributed by atoms with van der Waals surface area (Å²) >= 11 is 0. The van der Waals surface area contributed by atoms with E-state index in [1.54, 1.807) is 31.3 Å². The third kappa shape index (κ3) is 6.09. The Kier molecular flexibility index (Phi) is 7.51. The molecule has 0 bridgehead atoms. The summed E-state index contributed by atoms with van der Waals surface area (Å²) < 4.78 is 0. The van der Waals surface area contributed by atoms with E-state index in [4.69, 9.17) is 0 Å². The molecule has 170 valence electrons. The number of benzene rings is 2. The number of nitrogens with one attached hydrogen (secondary N) is 3. The van der Waals surface area contributed by atoms with Crippen molar-refractivity contribution in [3.05, 3.63) is 58.7 Å². The highest BCUT2D eigenvalue weighted by molar-refractivity contribution is 5.98. The number of nitrogens with zero attached hydrogens (tertiary/aromatic N) is 1. The second kappa shape index (κ2) is 10.3. The molecule has 0 radical (unpaired) electrons. The summed E-state index contributed by atoms with van der Waals surface area (Å²) in [6, 6.07) is 10.6. The number of carbonyl (C=O) groups excluding carboxylic acids is 3. The van der Waals surface area contributed by atoms with Gasteiger partial charge in [0, 0.05) is 30.0 Å². The molecule has 0 heterocycles. The maximum atomic E-state index is 12.5. The van der Waals surface area contributed by atoms with E-state index in [0.717, 1.165) is 48.1 Å². The zero-order valence-electron chi connectivity index (χ0n) is 19.2. The molecule has 2 aromatic rings. The van der Waals surface area contributed by atoms with Gasteiger partial charge in [-0.05, 0) is 69.0 Å². The topological polar surface area (TPSA) is 90.5 Å². The predicted octanol–water partition coefficient (Wildman–Crippen LogP) is 4.39. The minimum absolute atomic E-state index is 0.0829. The Morgan fingerprint density at radius 1 is 0.938 bits per heavy atom. The van der Waals surface area contributed by atoms with Crippen molar-refractivity contribution in [1.82, 2.24) is 10.2 Å². The molecule has 7 nitrogen and oxygen atoms in total. The van der Waals surface area contributed by atoms with E-state index < -0.39 is 6.03 Å². The van der Waals surface area contributed by atoms with E-state index in [-0.39, 0.29) is 24.4 Å². The lowest BCUT2D eigenvalue weighted by atomic mass is 10.1. The van der Waals surface area contributed by atoms with E-state index in [2.05, 4.69) is 16.0 Å². The van der Waals surface area contributed by atoms with Crippen LogP contribution >= 0.6 is 0 Å². The van der Waals surface area contributed by atoms with E-state index in [9.17, 15) is 14.4 Å². The smallest absolute Gasteiger partial charge is 0.322 e. The molecule has 3 N–H and O–H groups in total. The van der Waals surface area contributed by atoms with Crippen LogP contribution in [0.5, 0.6) is 0 Å². The first-order valence-corrected chi connectivity index (χ1v) is 11.0. The third-order valence-electron chi connectivity index (χ3n) is 5.76. The van der Waals surface area contributed by atoms with Crippen LogP contribution in [-0.4, -0.2) is 42.4 Å². The van der Waals surface area contributed by atoms with E-state index in [1.165, 1.54) is 4.90 Å². The number of rotatable bonds is 6. The molecule has 4 amide bonds. The highest BCUT2D eigenvalue weighted by Gasteiger charge is 2.18. The summed E-state index contributed by atoms with van der Waals surface area (Å²) in [7, 11) is 1.56. The molecular weight excluding hydrogens is 404 g/mol. The lowest BCUT2D eigenvalue weighted by molar-refractivity contribution is -0.116. The first kappa shape index (κ1) is 23.3. The van der Waals surface area contributed by atoms with Crippen LogP contribution in [0.3, 0.4) is 0 Å². The molecule has 0 aromatic heterocycles. The first-order valence-electron chi connectivity index (χ1n) is 11.0. The van der Waals surface area contributed by atoms with Gasteiger partial charge in [-0.2, -0.15) is 0 Å². The van der Waals surface area contributed by atoms with Gasteiger partial charge in [0.1, 0.15) is 6.54 Å². The fourth-order valence-electron chi connectivity index (χ4n) is 4.11. The lowest BCUT2D eigenvalue weighted by Gasteiger charge is -2.19. The normalized spacial score (nSPS) is 13.5. The van der Waals surface area contributed by atoms with Crippen molar-refractivity contribution in [2.24, 2.45) is 0 Å². The Morgan fingerprint density at radius 3 is 2.12 bits per heavy atom. The summed E-state index contributed by atoms with van der Waals surface area (Å²) in [6.07, 6.45) is 4.38. The molecule has 0 unspecified atom stereocenters. The molecule has 1 aliphatic rings. The van der Waals surface area contributed by atoms with Crippen LogP contribution in [0.4, 0.5) is 16.2 Å². The van der Waals surface area contributed by atoms with Gasteiger partial charge in [-0.1, -0.05) is 30.5 Å². The van der Waals surface area contributed by atoms with Crippen molar-refractivity contribution in [3.63, 3.8) is 0 Å². The highest BCUT2D eigenvalue weighted by Crippen LogP contribution is 2.22. The number of carbonyl (C=O) groups is 3. The maximum Gasteiger partial charge on any atom is 0.322 e. The summed E-state index contributed by atoms with van der Waals surface area (Å²) in [4.78, 5) is 38.6. The molecule has 0 aliphatic heterocycles. The van der Waals surface area contributed by atoms with Crippen LogP contribution in [0, 0.1) is 20.8 Å². The average molecular weight is 437 g/mol. The molecule has 0 spiro atoms. The Labute approximate surface area is 189 Å². The van der Waals surface area contributed by atoms with Gasteiger partial charge in [-0.25, -0.2) is 4.79 Å². The summed E-state index contributed by atoms with van der Waals surface area (Å²) in [6.45, 7) is 5.83. The van der Waals surface area contributed by atoms with Crippen LogP contribution in [0.15, 0.2) is 36.4 Å². The number of likely N-dealkylation sites (N-methyl/N-ethyl adjacent to an activating group) is 1. The number of urea groups is 1. The lowest BCUT2D eigenvalue weighted by Crippen LogP contribution is -2.37. The number of anilines is 2. The van der Waals surface area contributed by atoms with Crippen molar-refractivity contribution in [3.8, 4) is 0 Å². The molecule has 1 aliphatic carbocycles. The molecule has 1 saturated carbocycles. The second-order valence-corrected chi connectivity index (χ2v) is 8.64. The monoisotopic (exact) mass is 436 g/mol. The molecule has 0 saturated heterocycles. The standard InChI is InChI=1S/C25H32N4O3/c1-16-13-17(2)23(18(3)14-16)28-22(30)15-29(4)25(32)27-21-11-9-19(10-12-21)24(31)26-20-7-5-6-8-20/h9-14,20H,5-8,15H2,1-4H3,(H,26,31)(H,27,32)(H,28,30). The fourth-order valence-corrected chi connectivity index (χ4v) is 4.11. The summed E-state index contributed by atoms with van der Waals surface area (Å²) in [5.41, 5.74) is 5.01. The average Bonchev–Trinajstić information content (AvgIpc) is 3.24. The van der Waals surface area contributed by atoms with Crippen LogP contribution in [-0.2, 0) is 4.79 Å². The van der Waals surface area contributed by atoms with E-state index in [1.807, 2.05) is 32.9 Å². The van der Waals surface area contributed by atoms with E-state index >= 15 is 0 Å². The number of aryl methyl sites for hydroxylation is 3. The van der Waals surface area contributed by atoms with Crippen molar-refractivity contribution in [2.45, 2.75) is 52.5 Å².